The average molecular weight is 252 g/mol. The molecule has 0 aromatic heterocycles. The number of nitrogens with two attached hydrogens (primary N) is 1. The Hall–Kier alpha value is -1.75. The lowest BCUT2D eigenvalue weighted by Gasteiger charge is -2.12. The highest BCUT2D eigenvalue weighted by molar-refractivity contribution is 5.97. The Bertz CT molecular complexity index is 394. The second kappa shape index (κ2) is 7.55. The van der Waals surface area contributed by atoms with Gasteiger partial charge >= 0.3 is 0 Å². The molecular formula is C13H20N2O3. The number of methoxy groups -OCH3 is 1. The minimum absolute atomic E-state index is 0.167. The van der Waals surface area contributed by atoms with Crippen LogP contribution in [0.15, 0.2) is 18.2 Å². The van der Waals surface area contributed by atoms with Crippen molar-refractivity contribution in [2.75, 3.05) is 26.8 Å². The Morgan fingerprint density at radius 1 is 1.44 bits per heavy atom. The van der Waals surface area contributed by atoms with Crippen molar-refractivity contribution in [2.24, 2.45) is 5.73 Å². The SMILES string of the molecule is CCNC(=O)c1cc(OC)ccc1OCCCN. The summed E-state index contributed by atoms with van der Waals surface area (Å²) in [7, 11) is 1.56. The van der Waals surface area contributed by atoms with Gasteiger partial charge in [0, 0.05) is 6.54 Å². The normalized spacial score (nSPS) is 9.94. The third kappa shape index (κ3) is 3.92. The van der Waals surface area contributed by atoms with E-state index in [0.29, 0.717) is 36.8 Å². The number of carbonyl (C=O) groups excluding carboxylic acids is 1. The van der Waals surface area contributed by atoms with Crippen LogP contribution < -0.4 is 20.5 Å². The number of amides is 1. The summed E-state index contributed by atoms with van der Waals surface area (Å²) in [5.41, 5.74) is 5.88. The van der Waals surface area contributed by atoms with E-state index >= 15 is 0 Å². The minimum atomic E-state index is -0.167. The molecule has 0 saturated carbocycles. The smallest absolute Gasteiger partial charge is 0.255 e. The van der Waals surface area contributed by atoms with Crippen molar-refractivity contribution in [3.63, 3.8) is 0 Å². The molecule has 0 aliphatic carbocycles. The Morgan fingerprint density at radius 2 is 2.22 bits per heavy atom. The highest BCUT2D eigenvalue weighted by atomic mass is 16.5. The topological polar surface area (TPSA) is 73.6 Å². The summed E-state index contributed by atoms with van der Waals surface area (Å²) in [6.07, 6.45) is 0.751. The molecule has 0 radical (unpaired) electrons. The van der Waals surface area contributed by atoms with Crippen LogP contribution in [-0.2, 0) is 0 Å². The molecule has 0 unspecified atom stereocenters. The van der Waals surface area contributed by atoms with Gasteiger partial charge in [-0.15, -0.1) is 0 Å². The molecule has 1 aromatic carbocycles. The van der Waals surface area contributed by atoms with E-state index in [1.54, 1.807) is 25.3 Å². The zero-order valence-electron chi connectivity index (χ0n) is 10.9. The second-order valence-electron chi connectivity index (χ2n) is 3.71. The van der Waals surface area contributed by atoms with Gasteiger partial charge in [0.1, 0.15) is 11.5 Å². The Balaban J connectivity index is 2.89. The highest BCUT2D eigenvalue weighted by Gasteiger charge is 2.13. The molecule has 5 heteroatoms. The Morgan fingerprint density at radius 3 is 2.83 bits per heavy atom. The number of hydrogen-bond acceptors (Lipinski definition) is 4. The average Bonchev–Trinajstić information content (AvgIpc) is 2.39. The minimum Gasteiger partial charge on any atom is -0.497 e. The molecule has 0 bridgehead atoms. The first-order chi connectivity index (χ1) is 8.72. The first kappa shape index (κ1) is 14.3. The molecule has 0 fully saturated rings. The molecule has 100 valence electrons. The molecule has 0 aliphatic rings. The van der Waals surface area contributed by atoms with Crippen LogP contribution in [-0.4, -0.2) is 32.7 Å². The lowest BCUT2D eigenvalue weighted by Crippen LogP contribution is -2.23. The van der Waals surface area contributed by atoms with Gasteiger partial charge in [-0.1, -0.05) is 0 Å². The third-order valence-corrected chi connectivity index (χ3v) is 2.37. The number of ether oxygens (including phenoxy) is 2. The molecule has 1 aromatic rings. The summed E-state index contributed by atoms with van der Waals surface area (Å²) in [6, 6.07) is 5.17. The molecule has 1 amide bonds. The standard InChI is InChI=1S/C13H20N2O3/c1-3-15-13(16)11-9-10(17-2)5-6-12(11)18-8-4-7-14/h5-6,9H,3-4,7-8,14H2,1-2H3,(H,15,16). The first-order valence-corrected chi connectivity index (χ1v) is 6.02. The van der Waals surface area contributed by atoms with E-state index in [1.807, 2.05) is 6.92 Å². The largest absolute Gasteiger partial charge is 0.497 e. The molecular weight excluding hydrogens is 232 g/mol. The molecule has 0 atom stereocenters. The van der Waals surface area contributed by atoms with E-state index < -0.39 is 0 Å². The summed E-state index contributed by atoms with van der Waals surface area (Å²) in [5.74, 6) is 1.01. The van der Waals surface area contributed by atoms with Crippen molar-refractivity contribution < 1.29 is 14.3 Å². The molecule has 0 saturated heterocycles. The lowest BCUT2D eigenvalue weighted by molar-refractivity contribution is 0.0951. The fraction of sp³-hybridized carbons (Fsp3) is 0.462. The van der Waals surface area contributed by atoms with Gasteiger partial charge in [0.15, 0.2) is 0 Å². The van der Waals surface area contributed by atoms with Crippen LogP contribution in [0, 0.1) is 0 Å². The van der Waals surface area contributed by atoms with Crippen LogP contribution >= 0.6 is 0 Å². The second-order valence-corrected chi connectivity index (χ2v) is 3.71. The van der Waals surface area contributed by atoms with Crippen molar-refractivity contribution >= 4 is 5.91 Å². The van der Waals surface area contributed by atoms with Crippen molar-refractivity contribution in [1.82, 2.24) is 5.32 Å². The zero-order chi connectivity index (χ0) is 13.4. The van der Waals surface area contributed by atoms with E-state index in [4.69, 9.17) is 15.2 Å². The van der Waals surface area contributed by atoms with Gasteiger partial charge in [0.2, 0.25) is 0 Å². The molecule has 0 aliphatic heterocycles. The van der Waals surface area contributed by atoms with Gasteiger partial charge in [-0.05, 0) is 38.1 Å². The van der Waals surface area contributed by atoms with E-state index in [-0.39, 0.29) is 5.91 Å². The monoisotopic (exact) mass is 252 g/mol. The lowest BCUT2D eigenvalue weighted by atomic mass is 10.1. The van der Waals surface area contributed by atoms with Crippen LogP contribution in [0.5, 0.6) is 11.5 Å². The fourth-order valence-corrected chi connectivity index (χ4v) is 1.46. The molecule has 1 rings (SSSR count). The summed E-state index contributed by atoms with van der Waals surface area (Å²) >= 11 is 0. The van der Waals surface area contributed by atoms with Crippen LogP contribution in [0.2, 0.25) is 0 Å². The quantitative estimate of drug-likeness (QED) is 0.714. The van der Waals surface area contributed by atoms with E-state index in [9.17, 15) is 4.79 Å². The number of rotatable bonds is 7. The highest BCUT2D eigenvalue weighted by Crippen LogP contribution is 2.24. The zero-order valence-corrected chi connectivity index (χ0v) is 10.9. The molecule has 18 heavy (non-hydrogen) atoms. The third-order valence-electron chi connectivity index (χ3n) is 2.37. The summed E-state index contributed by atoms with van der Waals surface area (Å²) < 4.78 is 10.7. The van der Waals surface area contributed by atoms with Crippen molar-refractivity contribution in [3.8, 4) is 11.5 Å². The van der Waals surface area contributed by atoms with Crippen molar-refractivity contribution in [1.29, 1.82) is 0 Å². The summed E-state index contributed by atoms with van der Waals surface area (Å²) in [4.78, 5) is 11.9. The predicted octanol–water partition coefficient (Wildman–Crippen LogP) is 1.17. The molecule has 3 N–H and O–H groups in total. The number of hydrogen-bond donors (Lipinski definition) is 2. The van der Waals surface area contributed by atoms with E-state index in [1.165, 1.54) is 0 Å². The Kier molecular flexibility index (Phi) is 6.00. The maximum Gasteiger partial charge on any atom is 0.255 e. The molecule has 0 spiro atoms. The van der Waals surface area contributed by atoms with E-state index in [2.05, 4.69) is 5.32 Å². The van der Waals surface area contributed by atoms with Crippen molar-refractivity contribution in [2.45, 2.75) is 13.3 Å². The van der Waals surface area contributed by atoms with Gasteiger partial charge in [-0.2, -0.15) is 0 Å². The van der Waals surface area contributed by atoms with Gasteiger partial charge in [-0.25, -0.2) is 0 Å². The number of benzene rings is 1. The van der Waals surface area contributed by atoms with Crippen LogP contribution in [0.1, 0.15) is 23.7 Å². The molecule has 0 heterocycles. The predicted molar refractivity (Wildman–Crippen MR) is 70.2 cm³/mol. The first-order valence-electron chi connectivity index (χ1n) is 6.02. The van der Waals surface area contributed by atoms with Crippen molar-refractivity contribution in [3.05, 3.63) is 23.8 Å². The maximum atomic E-state index is 11.9. The fourth-order valence-electron chi connectivity index (χ4n) is 1.46. The van der Waals surface area contributed by atoms with Crippen LogP contribution in [0.3, 0.4) is 0 Å². The Labute approximate surface area is 107 Å². The van der Waals surface area contributed by atoms with Gasteiger partial charge in [0.25, 0.3) is 5.91 Å². The number of carbonyl (C=O) groups is 1. The van der Waals surface area contributed by atoms with Gasteiger partial charge in [-0.3, -0.25) is 4.79 Å². The summed E-state index contributed by atoms with van der Waals surface area (Å²) in [6.45, 7) is 3.49. The van der Waals surface area contributed by atoms with E-state index in [0.717, 1.165) is 6.42 Å². The molecule has 5 nitrogen and oxygen atoms in total. The van der Waals surface area contributed by atoms with Gasteiger partial charge in [0.05, 0.1) is 19.3 Å². The van der Waals surface area contributed by atoms with Crippen LogP contribution in [0.25, 0.3) is 0 Å². The van der Waals surface area contributed by atoms with Crippen LogP contribution in [0.4, 0.5) is 0 Å². The van der Waals surface area contributed by atoms with Gasteiger partial charge < -0.3 is 20.5 Å². The number of nitrogens with one attached hydrogen (secondary N) is 1. The summed E-state index contributed by atoms with van der Waals surface area (Å²) in [5, 5.41) is 2.74. The maximum absolute atomic E-state index is 11.9.